The van der Waals surface area contributed by atoms with Crippen LogP contribution in [0.5, 0.6) is 0 Å². The van der Waals surface area contributed by atoms with E-state index in [9.17, 15) is 14.0 Å². The first-order chi connectivity index (χ1) is 13.0. The lowest BCUT2D eigenvalue weighted by atomic mass is 10.2. The number of benzene rings is 2. The number of carbonyl (C=O) groups is 2. The number of halogens is 2. The molecule has 0 radical (unpaired) electrons. The number of carbonyl (C=O) groups excluding carboxylic acids is 2. The molecule has 27 heavy (non-hydrogen) atoms. The van der Waals surface area contributed by atoms with Crippen LogP contribution >= 0.6 is 22.9 Å². The zero-order valence-corrected chi connectivity index (χ0v) is 15.6. The van der Waals surface area contributed by atoms with Gasteiger partial charge in [-0.05, 0) is 23.8 Å². The van der Waals surface area contributed by atoms with Gasteiger partial charge in [0.2, 0.25) is 0 Å². The number of hydrogen-bond donors (Lipinski definition) is 1. The van der Waals surface area contributed by atoms with Crippen molar-refractivity contribution in [2.75, 3.05) is 6.54 Å². The summed E-state index contributed by atoms with van der Waals surface area (Å²) in [5.41, 5.74) is 0.787. The van der Waals surface area contributed by atoms with Gasteiger partial charge in [0, 0.05) is 16.6 Å². The normalized spacial score (nSPS) is 11.4. The van der Waals surface area contributed by atoms with Crippen LogP contribution in [-0.2, 0) is 11.3 Å². The smallest absolute Gasteiger partial charge is 0.267 e. The summed E-state index contributed by atoms with van der Waals surface area (Å²) in [5.74, 6) is -1.84. The largest absolute Gasteiger partial charge is 0.343 e. The summed E-state index contributed by atoms with van der Waals surface area (Å²) in [5, 5.41) is 4.82. The molecule has 3 rings (SSSR count). The van der Waals surface area contributed by atoms with Crippen LogP contribution in [0.3, 0.4) is 0 Å². The van der Waals surface area contributed by atoms with Gasteiger partial charge in [-0.15, -0.1) is 11.3 Å². The Labute approximate surface area is 163 Å². The number of nitrogens with zero attached hydrogens (tertiary/aromatic N) is 2. The van der Waals surface area contributed by atoms with Gasteiger partial charge in [-0.2, -0.15) is 4.99 Å². The summed E-state index contributed by atoms with van der Waals surface area (Å²) in [6.45, 7) is 0.147. The Morgan fingerprint density at radius 2 is 1.89 bits per heavy atom. The molecule has 1 heterocycles. The van der Waals surface area contributed by atoms with E-state index in [2.05, 4.69) is 10.3 Å². The molecule has 8 heteroatoms. The topological polar surface area (TPSA) is 63.5 Å². The van der Waals surface area contributed by atoms with E-state index < -0.39 is 17.6 Å². The van der Waals surface area contributed by atoms with E-state index in [-0.39, 0.29) is 12.1 Å². The van der Waals surface area contributed by atoms with Crippen molar-refractivity contribution in [1.82, 2.24) is 9.88 Å². The van der Waals surface area contributed by atoms with Crippen LogP contribution in [0.4, 0.5) is 4.39 Å². The molecule has 0 spiro atoms. The third-order valence-corrected chi connectivity index (χ3v) is 4.86. The maximum Gasteiger partial charge on any atom is 0.267 e. The predicted molar refractivity (Wildman–Crippen MR) is 102 cm³/mol. The minimum atomic E-state index is -0.660. The Kier molecular flexibility index (Phi) is 6.16. The summed E-state index contributed by atoms with van der Waals surface area (Å²) >= 11 is 7.46. The maximum absolute atomic E-state index is 13.6. The maximum atomic E-state index is 13.6. The predicted octanol–water partition coefficient (Wildman–Crippen LogP) is 3.25. The Bertz CT molecular complexity index is 1040. The number of amides is 2. The Hall–Kier alpha value is -2.77. The molecule has 0 saturated heterocycles. The Morgan fingerprint density at radius 3 is 2.67 bits per heavy atom. The van der Waals surface area contributed by atoms with Crippen LogP contribution in [0, 0.1) is 5.82 Å². The number of nitrogens with one attached hydrogen (secondary N) is 1. The Balaban J connectivity index is 1.68. The van der Waals surface area contributed by atoms with Gasteiger partial charge in [-0.1, -0.05) is 41.9 Å². The fraction of sp³-hybridized carbons (Fsp3) is 0.105. The minimum Gasteiger partial charge on any atom is -0.343 e. The monoisotopic (exact) mass is 403 g/mol. The molecule has 138 valence electrons. The average Bonchev–Trinajstić information content (AvgIpc) is 3.08. The second-order valence-corrected chi connectivity index (χ2v) is 6.85. The highest BCUT2D eigenvalue weighted by Gasteiger charge is 2.12. The van der Waals surface area contributed by atoms with E-state index in [0.717, 1.165) is 5.56 Å². The second kappa shape index (κ2) is 8.75. The zero-order valence-electron chi connectivity index (χ0n) is 14.1. The van der Waals surface area contributed by atoms with Crippen LogP contribution in [0.25, 0.3) is 0 Å². The van der Waals surface area contributed by atoms with Gasteiger partial charge in [-0.3, -0.25) is 9.59 Å². The van der Waals surface area contributed by atoms with Crippen molar-refractivity contribution < 1.29 is 14.0 Å². The van der Waals surface area contributed by atoms with Gasteiger partial charge in [0.25, 0.3) is 11.8 Å². The summed E-state index contributed by atoms with van der Waals surface area (Å²) in [7, 11) is 0. The van der Waals surface area contributed by atoms with E-state index in [4.69, 9.17) is 11.6 Å². The molecule has 1 N–H and O–H groups in total. The van der Waals surface area contributed by atoms with Gasteiger partial charge >= 0.3 is 0 Å². The van der Waals surface area contributed by atoms with Crippen LogP contribution in [0.2, 0.25) is 5.02 Å². The molecule has 0 atom stereocenters. The van der Waals surface area contributed by atoms with E-state index >= 15 is 0 Å². The standard InChI is InChI=1S/C19H15ClFN3O2S/c20-15-7-3-1-5-13(15)12-24-9-10-27-19(24)23-17(25)11-22-18(26)14-6-2-4-8-16(14)21/h1-10H,11-12H2,(H,22,26). The zero-order chi connectivity index (χ0) is 19.2. The summed E-state index contributed by atoms with van der Waals surface area (Å²) < 4.78 is 15.4. The van der Waals surface area contributed by atoms with Crippen LogP contribution in [0.1, 0.15) is 15.9 Å². The molecule has 0 saturated carbocycles. The molecule has 2 aromatic carbocycles. The first-order valence-electron chi connectivity index (χ1n) is 8.02. The number of aromatic nitrogens is 1. The van der Waals surface area contributed by atoms with Gasteiger partial charge in [0.05, 0.1) is 18.7 Å². The first-order valence-corrected chi connectivity index (χ1v) is 9.28. The Morgan fingerprint density at radius 1 is 1.15 bits per heavy atom. The summed E-state index contributed by atoms with van der Waals surface area (Å²) in [4.78, 5) is 28.6. The van der Waals surface area contributed by atoms with Crippen molar-refractivity contribution in [3.63, 3.8) is 0 Å². The van der Waals surface area contributed by atoms with Gasteiger partial charge < -0.3 is 9.88 Å². The molecule has 5 nitrogen and oxygen atoms in total. The molecular weight excluding hydrogens is 389 g/mol. The van der Waals surface area contributed by atoms with Crippen LogP contribution in [-0.4, -0.2) is 22.9 Å². The molecule has 0 fully saturated rings. The lowest BCUT2D eigenvalue weighted by Crippen LogP contribution is -2.30. The highest BCUT2D eigenvalue weighted by molar-refractivity contribution is 7.07. The van der Waals surface area contributed by atoms with Gasteiger partial charge in [-0.25, -0.2) is 4.39 Å². The lowest BCUT2D eigenvalue weighted by molar-refractivity contribution is -0.117. The first kappa shape index (κ1) is 19.0. The van der Waals surface area contributed by atoms with Gasteiger partial charge in [0.15, 0.2) is 4.80 Å². The SMILES string of the molecule is O=C(CNC(=O)c1ccccc1F)N=c1sccn1Cc1ccccc1Cl. The fourth-order valence-corrected chi connectivity index (χ4v) is 3.30. The number of thiazole rings is 1. The van der Waals surface area contributed by atoms with Gasteiger partial charge in [0.1, 0.15) is 5.82 Å². The van der Waals surface area contributed by atoms with Crippen molar-refractivity contribution in [2.45, 2.75) is 6.54 Å². The highest BCUT2D eigenvalue weighted by Crippen LogP contribution is 2.15. The molecule has 0 bridgehead atoms. The van der Waals surface area contributed by atoms with Crippen molar-refractivity contribution in [3.8, 4) is 0 Å². The molecule has 2 amide bonds. The van der Waals surface area contributed by atoms with Crippen molar-refractivity contribution in [1.29, 1.82) is 0 Å². The minimum absolute atomic E-state index is 0.116. The molecule has 0 aliphatic heterocycles. The van der Waals surface area contributed by atoms with E-state index in [1.54, 1.807) is 28.3 Å². The number of hydrogen-bond acceptors (Lipinski definition) is 3. The van der Waals surface area contributed by atoms with Crippen molar-refractivity contribution in [2.24, 2.45) is 4.99 Å². The van der Waals surface area contributed by atoms with Crippen LogP contribution < -0.4 is 10.1 Å². The number of rotatable bonds is 5. The molecule has 0 aliphatic rings. The second-order valence-electron chi connectivity index (χ2n) is 5.57. The summed E-state index contributed by atoms with van der Waals surface area (Å²) in [6.07, 6.45) is 1.80. The molecule has 0 unspecified atom stereocenters. The third-order valence-electron chi connectivity index (χ3n) is 3.70. The van der Waals surface area contributed by atoms with Crippen molar-refractivity contribution in [3.05, 3.63) is 86.9 Å². The van der Waals surface area contributed by atoms with Crippen LogP contribution in [0.15, 0.2) is 65.1 Å². The molecule has 3 aromatic rings. The lowest BCUT2D eigenvalue weighted by Gasteiger charge is -2.05. The average molecular weight is 404 g/mol. The molecule has 1 aromatic heterocycles. The van der Waals surface area contributed by atoms with E-state index in [1.165, 1.54) is 29.5 Å². The van der Waals surface area contributed by atoms with E-state index in [0.29, 0.717) is 16.4 Å². The summed E-state index contributed by atoms with van der Waals surface area (Å²) in [6, 6.07) is 13.0. The third kappa shape index (κ3) is 4.90. The quantitative estimate of drug-likeness (QED) is 0.710. The van der Waals surface area contributed by atoms with E-state index in [1.807, 2.05) is 18.2 Å². The van der Waals surface area contributed by atoms with Crippen molar-refractivity contribution >= 4 is 34.8 Å². The molecular formula is C19H15ClFN3O2S. The highest BCUT2D eigenvalue weighted by atomic mass is 35.5. The fourth-order valence-electron chi connectivity index (χ4n) is 2.36. The molecule has 0 aliphatic carbocycles.